The van der Waals surface area contributed by atoms with Crippen molar-refractivity contribution in [2.75, 3.05) is 31.6 Å². The summed E-state index contributed by atoms with van der Waals surface area (Å²) in [7, 11) is 1.41. The first-order valence-electron chi connectivity index (χ1n) is 11.3. The fourth-order valence-corrected chi connectivity index (χ4v) is 4.36. The van der Waals surface area contributed by atoms with E-state index in [1.54, 1.807) is 18.5 Å². The first-order valence-corrected chi connectivity index (χ1v) is 11.3. The number of hydrogen-bond donors (Lipinski definition) is 1. The highest BCUT2D eigenvalue weighted by Crippen LogP contribution is 2.32. The second-order valence-corrected chi connectivity index (χ2v) is 8.43. The molecular formula is C25H24F2N6O2. The van der Waals surface area contributed by atoms with E-state index in [-0.39, 0.29) is 22.9 Å². The molecule has 0 bridgehead atoms. The lowest BCUT2D eigenvalue weighted by atomic mass is 10.0. The van der Waals surface area contributed by atoms with Gasteiger partial charge in [-0.1, -0.05) is 0 Å². The highest BCUT2D eigenvalue weighted by molar-refractivity contribution is 5.94. The van der Waals surface area contributed by atoms with Crippen LogP contribution in [0.3, 0.4) is 0 Å². The Kier molecular flexibility index (Phi) is 6.12. The second-order valence-electron chi connectivity index (χ2n) is 8.43. The standard InChI is InChI=1S/C25H24F2N6O2/c1-15-4-7-33-20(13-17-14-32(8-9-35-17)25-29-5-3-6-30-25)23(31-21(33)10-15)22-18(26)11-16(12-19(22)27)24(34)28-2/h3-7,10-12,17H,8-9,13-14H2,1-2H3,(H,28,34)/t17-/m0/s1. The number of nitrogens with zero attached hydrogens (tertiary/aromatic N) is 5. The van der Waals surface area contributed by atoms with Crippen LogP contribution >= 0.6 is 0 Å². The van der Waals surface area contributed by atoms with Crippen LogP contribution in [0.1, 0.15) is 21.6 Å². The minimum absolute atomic E-state index is 0.0958. The molecule has 0 radical (unpaired) electrons. The van der Waals surface area contributed by atoms with Crippen LogP contribution in [0.15, 0.2) is 48.9 Å². The number of imidazole rings is 1. The van der Waals surface area contributed by atoms with Crippen molar-refractivity contribution in [2.45, 2.75) is 19.4 Å². The number of halogens is 2. The number of rotatable bonds is 5. The van der Waals surface area contributed by atoms with Gasteiger partial charge in [0.1, 0.15) is 17.3 Å². The van der Waals surface area contributed by atoms with Crippen molar-refractivity contribution in [2.24, 2.45) is 0 Å². The number of amides is 1. The second kappa shape index (κ2) is 9.38. The van der Waals surface area contributed by atoms with E-state index in [1.807, 2.05) is 34.6 Å². The summed E-state index contributed by atoms with van der Waals surface area (Å²) in [5.41, 5.74) is 1.98. The molecule has 0 saturated carbocycles. The van der Waals surface area contributed by atoms with Crippen molar-refractivity contribution < 1.29 is 18.3 Å². The quantitative estimate of drug-likeness (QED) is 0.474. The zero-order valence-corrected chi connectivity index (χ0v) is 19.3. The fraction of sp³-hybridized carbons (Fsp3) is 0.280. The average Bonchev–Trinajstić information content (AvgIpc) is 3.20. The number of aromatic nitrogens is 4. The van der Waals surface area contributed by atoms with Crippen LogP contribution in [0, 0.1) is 18.6 Å². The summed E-state index contributed by atoms with van der Waals surface area (Å²) >= 11 is 0. The van der Waals surface area contributed by atoms with E-state index in [4.69, 9.17) is 4.74 Å². The van der Waals surface area contributed by atoms with E-state index in [9.17, 15) is 4.79 Å². The molecule has 1 saturated heterocycles. The van der Waals surface area contributed by atoms with Gasteiger partial charge in [0.15, 0.2) is 0 Å². The van der Waals surface area contributed by atoms with Crippen LogP contribution in [0.25, 0.3) is 16.9 Å². The van der Waals surface area contributed by atoms with Gasteiger partial charge in [0.25, 0.3) is 5.91 Å². The summed E-state index contributed by atoms with van der Waals surface area (Å²) in [6.45, 7) is 3.56. The van der Waals surface area contributed by atoms with Crippen molar-refractivity contribution in [1.82, 2.24) is 24.7 Å². The van der Waals surface area contributed by atoms with E-state index in [1.165, 1.54) is 7.05 Å². The van der Waals surface area contributed by atoms with Gasteiger partial charge in [-0.25, -0.2) is 23.7 Å². The Morgan fingerprint density at radius 3 is 2.66 bits per heavy atom. The number of carbonyl (C=O) groups excluding carboxylic acids is 1. The number of morpholine rings is 1. The van der Waals surface area contributed by atoms with Crippen LogP contribution in [-0.4, -0.2) is 58.1 Å². The number of nitrogens with one attached hydrogen (secondary N) is 1. The van der Waals surface area contributed by atoms with E-state index < -0.39 is 17.5 Å². The lowest BCUT2D eigenvalue weighted by molar-refractivity contribution is 0.0399. The smallest absolute Gasteiger partial charge is 0.251 e. The Morgan fingerprint density at radius 2 is 1.94 bits per heavy atom. The molecule has 1 fully saturated rings. The summed E-state index contributed by atoms with van der Waals surface area (Å²) in [6.07, 6.45) is 5.30. The van der Waals surface area contributed by atoms with Crippen molar-refractivity contribution in [3.63, 3.8) is 0 Å². The van der Waals surface area contributed by atoms with Gasteiger partial charge in [0, 0.05) is 50.7 Å². The van der Waals surface area contributed by atoms with Crippen LogP contribution in [0.4, 0.5) is 14.7 Å². The Morgan fingerprint density at radius 1 is 1.20 bits per heavy atom. The van der Waals surface area contributed by atoms with Gasteiger partial charge in [-0.15, -0.1) is 0 Å². The Balaban J connectivity index is 1.55. The molecule has 180 valence electrons. The monoisotopic (exact) mass is 478 g/mol. The fourth-order valence-electron chi connectivity index (χ4n) is 4.36. The molecule has 1 aliphatic heterocycles. The van der Waals surface area contributed by atoms with Gasteiger partial charge in [-0.2, -0.15) is 0 Å². The molecule has 1 aliphatic rings. The summed E-state index contributed by atoms with van der Waals surface area (Å²) in [5, 5.41) is 2.38. The summed E-state index contributed by atoms with van der Waals surface area (Å²) in [6, 6.07) is 7.58. The molecule has 4 aromatic rings. The predicted molar refractivity (Wildman–Crippen MR) is 126 cm³/mol. The molecule has 0 unspecified atom stereocenters. The molecule has 1 N–H and O–H groups in total. The molecule has 4 heterocycles. The van der Waals surface area contributed by atoms with Crippen molar-refractivity contribution >= 4 is 17.5 Å². The van der Waals surface area contributed by atoms with Crippen molar-refractivity contribution in [3.8, 4) is 11.3 Å². The molecule has 1 aromatic carbocycles. The molecule has 0 spiro atoms. The maximum Gasteiger partial charge on any atom is 0.251 e. The minimum Gasteiger partial charge on any atom is -0.374 e. The van der Waals surface area contributed by atoms with Crippen molar-refractivity contribution in [3.05, 3.63) is 77.4 Å². The zero-order valence-electron chi connectivity index (χ0n) is 19.3. The zero-order chi connectivity index (χ0) is 24.5. The summed E-state index contributed by atoms with van der Waals surface area (Å²) in [5.74, 6) is -1.67. The molecule has 1 amide bonds. The van der Waals surface area contributed by atoms with Gasteiger partial charge < -0.3 is 19.4 Å². The van der Waals surface area contributed by atoms with Crippen molar-refractivity contribution in [1.29, 1.82) is 0 Å². The van der Waals surface area contributed by atoms with Gasteiger partial charge in [0.05, 0.1) is 29.7 Å². The number of anilines is 1. The molecule has 5 rings (SSSR count). The van der Waals surface area contributed by atoms with Crippen LogP contribution in [-0.2, 0) is 11.2 Å². The third-order valence-corrected chi connectivity index (χ3v) is 6.04. The lowest BCUT2D eigenvalue weighted by Crippen LogP contribution is -2.44. The summed E-state index contributed by atoms with van der Waals surface area (Å²) < 4.78 is 38.3. The minimum atomic E-state index is -0.853. The van der Waals surface area contributed by atoms with Crippen LogP contribution in [0.5, 0.6) is 0 Å². The van der Waals surface area contributed by atoms with Crippen LogP contribution in [0.2, 0.25) is 0 Å². The number of ether oxygens (including phenoxy) is 1. The van der Waals surface area contributed by atoms with Gasteiger partial charge in [-0.3, -0.25) is 4.79 Å². The molecule has 1 atom stereocenters. The topological polar surface area (TPSA) is 84.7 Å². The third-order valence-electron chi connectivity index (χ3n) is 6.04. The average molecular weight is 479 g/mol. The van der Waals surface area contributed by atoms with E-state index in [0.717, 1.165) is 17.7 Å². The van der Waals surface area contributed by atoms with Gasteiger partial charge in [-0.05, 0) is 42.8 Å². The maximum absolute atomic E-state index is 15.2. The Bertz CT molecular complexity index is 1370. The normalized spacial score (nSPS) is 16.0. The Labute approximate surface area is 200 Å². The number of hydrogen-bond acceptors (Lipinski definition) is 6. The third kappa shape index (κ3) is 4.44. The van der Waals surface area contributed by atoms with Gasteiger partial charge in [0.2, 0.25) is 5.95 Å². The highest BCUT2D eigenvalue weighted by atomic mass is 19.1. The first-order chi connectivity index (χ1) is 16.9. The molecule has 3 aromatic heterocycles. The van der Waals surface area contributed by atoms with Gasteiger partial charge >= 0.3 is 0 Å². The largest absolute Gasteiger partial charge is 0.374 e. The number of benzene rings is 1. The van der Waals surface area contributed by atoms with E-state index in [0.29, 0.717) is 43.4 Å². The number of pyridine rings is 1. The lowest BCUT2D eigenvalue weighted by Gasteiger charge is -2.33. The first kappa shape index (κ1) is 22.9. The molecular weight excluding hydrogens is 454 g/mol. The molecule has 35 heavy (non-hydrogen) atoms. The van der Waals surface area contributed by atoms with E-state index in [2.05, 4.69) is 20.3 Å². The predicted octanol–water partition coefficient (Wildman–Crippen LogP) is 3.19. The molecule has 10 heteroatoms. The molecule has 8 nitrogen and oxygen atoms in total. The number of fused-ring (bicyclic) bond motifs is 1. The summed E-state index contributed by atoms with van der Waals surface area (Å²) in [4.78, 5) is 27.2. The SMILES string of the molecule is CNC(=O)c1cc(F)c(-c2nc3cc(C)ccn3c2C[C@H]2CN(c3ncccn3)CCO2)c(F)c1. The number of carbonyl (C=O) groups is 1. The highest BCUT2D eigenvalue weighted by Gasteiger charge is 2.28. The number of aryl methyl sites for hydroxylation is 1. The maximum atomic E-state index is 15.2. The van der Waals surface area contributed by atoms with E-state index >= 15 is 8.78 Å². The molecule has 0 aliphatic carbocycles. The van der Waals surface area contributed by atoms with Crippen LogP contribution < -0.4 is 10.2 Å². The Hall–Kier alpha value is -3.92.